The normalized spacial score (nSPS) is 10.8. The first-order valence-electron chi connectivity index (χ1n) is 9.41. The monoisotopic (exact) mass is 408 g/mol. The van der Waals surface area contributed by atoms with Crippen LogP contribution in [-0.2, 0) is 6.54 Å². The fourth-order valence-corrected chi connectivity index (χ4v) is 3.57. The number of benzene rings is 1. The van der Waals surface area contributed by atoms with Crippen molar-refractivity contribution < 1.29 is 0 Å². The number of imidazole rings is 1. The molecule has 0 saturated carbocycles. The van der Waals surface area contributed by atoms with E-state index in [2.05, 4.69) is 59.7 Å². The first-order valence-corrected chi connectivity index (χ1v) is 9.41. The Balaban J connectivity index is 0.00000240. The second-order valence-electron chi connectivity index (χ2n) is 7.28. The number of hydrogen-bond donors (Lipinski definition) is 2. The summed E-state index contributed by atoms with van der Waals surface area (Å²) in [5, 5.41) is 3.58. The molecule has 0 amide bonds. The number of anilines is 1. The number of rotatable bonds is 4. The van der Waals surface area contributed by atoms with Gasteiger partial charge in [0.1, 0.15) is 0 Å². The van der Waals surface area contributed by atoms with E-state index in [0.29, 0.717) is 6.54 Å². The van der Waals surface area contributed by atoms with Crippen LogP contribution in [0.25, 0.3) is 16.9 Å². The Morgan fingerprint density at radius 1 is 1.07 bits per heavy atom. The molecule has 0 saturated heterocycles. The Labute approximate surface area is 176 Å². The van der Waals surface area contributed by atoms with E-state index < -0.39 is 0 Å². The lowest BCUT2D eigenvalue weighted by Crippen LogP contribution is -2.06. The maximum absolute atomic E-state index is 11.8. The third-order valence-corrected chi connectivity index (χ3v) is 5.38. The van der Waals surface area contributed by atoms with E-state index >= 15 is 0 Å². The van der Waals surface area contributed by atoms with Crippen LogP contribution in [0.4, 0.5) is 5.69 Å². The summed E-state index contributed by atoms with van der Waals surface area (Å²) >= 11 is 0. The molecule has 1 aromatic carbocycles. The molecule has 4 aromatic rings. The molecule has 4 rings (SSSR count). The van der Waals surface area contributed by atoms with Gasteiger partial charge in [0, 0.05) is 42.3 Å². The quantitative estimate of drug-likeness (QED) is 0.501. The van der Waals surface area contributed by atoms with Gasteiger partial charge in [-0.05, 0) is 50.5 Å². The fraction of sp³-hybridized carbons (Fsp3) is 0.217. The number of aromatic amines is 1. The number of nitrogens with zero attached hydrogens (tertiary/aromatic N) is 2. The Hall–Kier alpha value is -3.05. The molecule has 0 aliphatic carbocycles. The maximum Gasteiger partial charge on any atom is 0.182 e. The van der Waals surface area contributed by atoms with Crippen LogP contribution in [0.5, 0.6) is 0 Å². The van der Waals surface area contributed by atoms with Crippen LogP contribution in [0.3, 0.4) is 0 Å². The van der Waals surface area contributed by atoms with Crippen molar-refractivity contribution in [3.63, 3.8) is 0 Å². The summed E-state index contributed by atoms with van der Waals surface area (Å²) in [7, 11) is 0. The lowest BCUT2D eigenvalue weighted by atomic mass is 10.0. The molecule has 0 spiro atoms. The number of fused-ring (bicyclic) bond motifs is 1. The van der Waals surface area contributed by atoms with Crippen LogP contribution in [-0.4, -0.2) is 14.4 Å². The lowest BCUT2D eigenvalue weighted by molar-refractivity contribution is 1.06. The number of halogens is 1. The number of aryl methyl sites for hydroxylation is 4. The Kier molecular flexibility index (Phi) is 5.80. The van der Waals surface area contributed by atoms with Crippen molar-refractivity contribution in [2.24, 2.45) is 0 Å². The van der Waals surface area contributed by atoms with Crippen molar-refractivity contribution in [3.05, 3.63) is 87.1 Å². The van der Waals surface area contributed by atoms with Gasteiger partial charge >= 0.3 is 0 Å². The third-order valence-electron chi connectivity index (χ3n) is 5.38. The largest absolute Gasteiger partial charge is 0.378 e. The summed E-state index contributed by atoms with van der Waals surface area (Å²) < 4.78 is 2.09. The van der Waals surface area contributed by atoms with Crippen molar-refractivity contribution in [2.75, 3.05) is 5.32 Å². The molecule has 2 N–H and O–H groups in total. The predicted octanol–water partition coefficient (Wildman–Crippen LogP) is 4.96. The minimum absolute atomic E-state index is 0. The van der Waals surface area contributed by atoms with Crippen molar-refractivity contribution in [1.29, 1.82) is 0 Å². The second kappa shape index (κ2) is 8.13. The number of H-pyrrole nitrogens is 1. The number of aromatic nitrogens is 3. The van der Waals surface area contributed by atoms with E-state index in [1.54, 1.807) is 12.3 Å². The summed E-state index contributed by atoms with van der Waals surface area (Å²) in [6, 6.07) is 11.5. The minimum Gasteiger partial charge on any atom is -0.378 e. The zero-order chi connectivity index (χ0) is 19.8. The minimum atomic E-state index is -0.0163. The van der Waals surface area contributed by atoms with Crippen LogP contribution in [0.15, 0.2) is 53.6 Å². The van der Waals surface area contributed by atoms with Gasteiger partial charge in [0.15, 0.2) is 11.1 Å². The first kappa shape index (κ1) is 20.7. The van der Waals surface area contributed by atoms with Crippen LogP contribution < -0.4 is 10.7 Å². The van der Waals surface area contributed by atoms with Crippen molar-refractivity contribution in [2.45, 2.75) is 34.2 Å². The van der Waals surface area contributed by atoms with Gasteiger partial charge in [-0.1, -0.05) is 18.2 Å². The second-order valence-corrected chi connectivity index (χ2v) is 7.28. The Morgan fingerprint density at radius 2 is 1.79 bits per heavy atom. The molecule has 3 aromatic heterocycles. The molecule has 150 valence electrons. The molecule has 29 heavy (non-hydrogen) atoms. The summed E-state index contributed by atoms with van der Waals surface area (Å²) in [6.45, 7) is 9.06. The first-order chi connectivity index (χ1) is 13.4. The van der Waals surface area contributed by atoms with E-state index in [9.17, 15) is 4.79 Å². The highest BCUT2D eigenvalue weighted by Gasteiger charge is 2.13. The number of hydrogen-bond acceptors (Lipinski definition) is 3. The SMILES string of the molecule is Cc1cccc(C)c1CNc1cc(-c2cc(=O)cc[nH]2)cn2c(C)c(C)nc12.Cl. The fourth-order valence-electron chi connectivity index (χ4n) is 3.57. The standard InChI is InChI=1S/C23H24N4O.ClH/c1-14-6-5-7-15(2)20(14)12-25-22-10-18(21-11-19(28)8-9-24-21)13-27-17(4)16(3)26-23(22)27;/h5-11,13,25H,12H2,1-4H3,(H,24,28);1H. The van der Waals surface area contributed by atoms with Gasteiger partial charge in [-0.2, -0.15) is 0 Å². The molecule has 6 heteroatoms. The lowest BCUT2D eigenvalue weighted by Gasteiger charge is -2.14. The van der Waals surface area contributed by atoms with Crippen molar-refractivity contribution in [3.8, 4) is 11.3 Å². The average molecular weight is 409 g/mol. The van der Waals surface area contributed by atoms with Crippen molar-refractivity contribution >= 4 is 23.7 Å². The third kappa shape index (κ3) is 3.91. The molecular weight excluding hydrogens is 384 g/mol. The average Bonchev–Trinajstić information content (AvgIpc) is 2.96. The van der Waals surface area contributed by atoms with E-state index in [0.717, 1.165) is 34.0 Å². The highest BCUT2D eigenvalue weighted by Crippen LogP contribution is 2.27. The molecule has 0 aliphatic heterocycles. The van der Waals surface area contributed by atoms with Crippen molar-refractivity contribution in [1.82, 2.24) is 14.4 Å². The van der Waals surface area contributed by atoms with Gasteiger partial charge in [0.25, 0.3) is 0 Å². The van der Waals surface area contributed by atoms with Crippen LogP contribution in [0.1, 0.15) is 28.1 Å². The van der Waals surface area contributed by atoms with Gasteiger partial charge in [-0.15, -0.1) is 12.4 Å². The van der Waals surface area contributed by atoms with Gasteiger partial charge in [0.2, 0.25) is 0 Å². The zero-order valence-electron chi connectivity index (χ0n) is 17.0. The maximum atomic E-state index is 11.8. The molecule has 3 heterocycles. The summed E-state index contributed by atoms with van der Waals surface area (Å²) in [6.07, 6.45) is 3.71. The summed E-state index contributed by atoms with van der Waals surface area (Å²) in [4.78, 5) is 19.7. The molecule has 0 atom stereocenters. The molecule has 0 fully saturated rings. The molecule has 5 nitrogen and oxygen atoms in total. The van der Waals surface area contributed by atoms with E-state index in [4.69, 9.17) is 4.98 Å². The number of pyridine rings is 2. The summed E-state index contributed by atoms with van der Waals surface area (Å²) in [5.41, 5.74) is 9.45. The topological polar surface area (TPSA) is 62.2 Å². The zero-order valence-corrected chi connectivity index (χ0v) is 17.9. The highest BCUT2D eigenvalue weighted by atomic mass is 35.5. The van der Waals surface area contributed by atoms with Gasteiger partial charge < -0.3 is 14.7 Å². The van der Waals surface area contributed by atoms with Crippen LogP contribution in [0.2, 0.25) is 0 Å². The van der Waals surface area contributed by atoms with Gasteiger partial charge in [0.05, 0.1) is 17.1 Å². The number of nitrogens with one attached hydrogen (secondary N) is 2. The summed E-state index contributed by atoms with van der Waals surface area (Å²) in [5.74, 6) is 0. The molecule has 0 unspecified atom stereocenters. The van der Waals surface area contributed by atoms with E-state index in [1.165, 1.54) is 22.8 Å². The van der Waals surface area contributed by atoms with Gasteiger partial charge in [-0.3, -0.25) is 4.79 Å². The molecule has 0 aliphatic rings. The Morgan fingerprint density at radius 3 is 2.48 bits per heavy atom. The molecular formula is C23H25ClN4O. The predicted molar refractivity (Wildman–Crippen MR) is 121 cm³/mol. The Bertz CT molecular complexity index is 1220. The smallest absolute Gasteiger partial charge is 0.182 e. The van der Waals surface area contributed by atoms with Crippen LogP contribution >= 0.6 is 12.4 Å². The van der Waals surface area contributed by atoms with E-state index in [-0.39, 0.29) is 17.8 Å². The van der Waals surface area contributed by atoms with Gasteiger partial charge in [-0.25, -0.2) is 4.98 Å². The molecule has 0 radical (unpaired) electrons. The van der Waals surface area contributed by atoms with E-state index in [1.807, 2.05) is 13.1 Å². The molecule has 0 bridgehead atoms. The highest BCUT2D eigenvalue weighted by molar-refractivity contribution is 5.85. The van der Waals surface area contributed by atoms with Crippen LogP contribution in [0, 0.1) is 27.7 Å².